The highest BCUT2D eigenvalue weighted by Crippen LogP contribution is 2.49. The Labute approximate surface area is 634 Å². The summed E-state index contributed by atoms with van der Waals surface area (Å²) in [6.07, 6.45) is 29.6. The van der Waals surface area contributed by atoms with Crippen LogP contribution in [0.25, 0.3) is 22.6 Å². The molecule has 5 aliphatic heterocycles. The van der Waals surface area contributed by atoms with Gasteiger partial charge in [0.1, 0.15) is 37.4 Å². The third-order valence-electron chi connectivity index (χ3n) is 19.6. The Balaban J connectivity index is 0.000000229. The molecule has 5 aromatic carbocycles. The molecular formula is C84H109Cl2IN7O9+. The minimum atomic E-state index is -4.94. The molecule has 16 nitrogen and oxygen atoms in total. The molecule has 1 N–H and O–H groups in total. The zero-order chi connectivity index (χ0) is 74.8. The van der Waals surface area contributed by atoms with Gasteiger partial charge in [-0.15, -0.1) is 10.2 Å². The van der Waals surface area contributed by atoms with E-state index in [0.717, 1.165) is 87.8 Å². The molecule has 0 fully saturated rings. The van der Waals surface area contributed by atoms with Gasteiger partial charge in [-0.3, -0.25) is 0 Å². The maximum absolute atomic E-state index is 8.60. The average molecular weight is 1560 g/mol. The Morgan fingerprint density at radius 1 is 0.505 bits per heavy atom. The second-order valence-corrected chi connectivity index (χ2v) is 29.4. The van der Waals surface area contributed by atoms with E-state index in [1.165, 1.54) is 105 Å². The van der Waals surface area contributed by atoms with Gasteiger partial charge in [0.2, 0.25) is 16.7 Å². The van der Waals surface area contributed by atoms with Crippen molar-refractivity contribution in [3.05, 3.63) is 233 Å². The molecule has 11 rings (SSSR count). The first-order valence-corrected chi connectivity index (χ1v) is 38.6. The molecule has 0 amide bonds. The van der Waals surface area contributed by atoms with Crippen LogP contribution in [-0.2, 0) is 21.7 Å². The molecule has 19 heteroatoms. The first-order chi connectivity index (χ1) is 48.4. The number of hydrogen-bond acceptors (Lipinski definition) is 13. The molecule has 0 aromatic heterocycles. The largest absolute Gasteiger partial charge is 1.00 e. The van der Waals surface area contributed by atoms with Gasteiger partial charge in [0, 0.05) is 126 Å². The van der Waals surface area contributed by atoms with Gasteiger partial charge in [-0.1, -0.05) is 177 Å². The van der Waals surface area contributed by atoms with Gasteiger partial charge in [0.15, 0.2) is 22.8 Å². The van der Waals surface area contributed by atoms with Crippen molar-refractivity contribution in [3.63, 3.8) is 0 Å². The van der Waals surface area contributed by atoms with Gasteiger partial charge >= 0.3 is 0 Å². The van der Waals surface area contributed by atoms with E-state index in [2.05, 4.69) is 321 Å². The molecular weight excluding hydrogens is 1450 g/mol. The first-order valence-electron chi connectivity index (χ1n) is 36.1. The van der Waals surface area contributed by atoms with Crippen LogP contribution in [0.1, 0.15) is 172 Å². The maximum Gasteiger partial charge on any atom is 0.209 e. The van der Waals surface area contributed by atoms with Crippen LogP contribution in [0.3, 0.4) is 0 Å². The van der Waals surface area contributed by atoms with Crippen LogP contribution in [-0.4, -0.2) is 82.6 Å². The fraction of sp³-hybridized carbons (Fsp3) is 0.405. The maximum atomic E-state index is 8.60. The number of nitrogens with zero attached hydrogens (tertiary/aromatic N) is 7. The molecule has 0 saturated heterocycles. The number of anilines is 3. The fourth-order valence-electron chi connectivity index (χ4n) is 14.5. The predicted molar refractivity (Wildman–Crippen MR) is 398 cm³/mol. The highest BCUT2D eigenvalue weighted by Gasteiger charge is 2.46. The zero-order valence-corrected chi connectivity index (χ0v) is 67.0. The van der Waals surface area contributed by atoms with Crippen LogP contribution in [0.2, 0.25) is 0 Å². The van der Waals surface area contributed by atoms with Crippen LogP contribution < -0.4 is 81.2 Å². The molecule has 5 heterocycles. The topological polar surface area (TPSA) is 226 Å². The number of rotatable bonds is 21. The second-order valence-electron chi connectivity index (χ2n) is 27.9. The van der Waals surface area contributed by atoms with E-state index >= 15 is 0 Å². The molecule has 0 bridgehead atoms. The van der Waals surface area contributed by atoms with Crippen LogP contribution >= 0.6 is 0 Å². The van der Waals surface area contributed by atoms with Gasteiger partial charge in [-0.05, 0) is 122 Å². The van der Waals surface area contributed by atoms with Crippen LogP contribution in [0.4, 0.5) is 28.4 Å². The molecule has 1 aliphatic carbocycles. The second kappa shape index (κ2) is 37.7. The van der Waals surface area contributed by atoms with Gasteiger partial charge in [-0.2, -0.15) is 23.1 Å². The normalized spacial score (nSPS) is 16.7. The van der Waals surface area contributed by atoms with Crippen molar-refractivity contribution in [1.29, 1.82) is 0 Å². The Morgan fingerprint density at radius 3 is 1.40 bits per heavy atom. The summed E-state index contributed by atoms with van der Waals surface area (Å²) in [4.78, 5) is 12.1. The highest BCUT2D eigenvalue weighted by molar-refractivity contribution is 6.04. The van der Waals surface area contributed by atoms with E-state index < -0.39 is 20.5 Å². The number of unbranched alkanes of at least 4 members (excludes halogenated alkanes) is 2. The van der Waals surface area contributed by atoms with E-state index in [0.29, 0.717) is 0 Å². The Kier molecular flexibility index (Phi) is 31.1. The lowest BCUT2D eigenvalue weighted by atomic mass is 9.81. The molecule has 0 spiro atoms. The number of para-hydroxylation sites is 4. The summed E-state index contributed by atoms with van der Waals surface area (Å²) in [6.45, 7) is 44.7. The van der Waals surface area contributed by atoms with E-state index in [4.69, 9.17) is 46.7 Å². The zero-order valence-electron chi connectivity index (χ0n) is 63.4. The van der Waals surface area contributed by atoms with Crippen molar-refractivity contribution in [2.75, 3.05) is 67.1 Å². The van der Waals surface area contributed by atoms with Gasteiger partial charge in [-0.25, -0.2) is 28.2 Å². The molecule has 0 saturated carbocycles. The highest BCUT2D eigenvalue weighted by atomic mass is 127. The van der Waals surface area contributed by atoms with E-state index in [-0.39, 0.29) is 45.6 Å². The standard InChI is InChI=1S/C33H43N2.C31H39N2.C20H26N3O.2ClHO4.HI/c1-7-9-24-34-28-20-16-14-18-26(28)32(3,4)30(34)22-12-11-13-23-31-33(5,6)27-19-15-17-21-29(27)35(31)25-10-8-2;1-7-22-32-26-18-14-12-16-24(26)30(3,4)28(32)20-10-9-11-21-29-31(5,6)25-17-13-15-19-27(25)33(29)23-8-2;1-5-22(6-2)15-9-11-17-19(13-15)24-20-14-16(23(7-3)8-4)10-12-18(20)21-17;2*2-1(3,4)5;/h11-23H,7-10,24-25H2,1-6H3;9-21H,7-8,22-23H2,1-6H3;9-14H,5-8H2,1-4H3;2*(H,2,3,4,5);1H/q3*+1;;;/p-2. The minimum absolute atomic E-state index is 0. The van der Waals surface area contributed by atoms with Crippen LogP contribution in [0.15, 0.2) is 210 Å². The Hall–Kier alpha value is -7.11. The SMILES string of the molecule is CCCCN1/C(=C/C=C/C=C/C2=[N+](CCCC)c3ccccc3C2(C)C)C(C)(C)c2ccccc21.CCCN1/C(=C/C=C/C=C/C2=[N+](CCC)c3ccccc3C2(C)C)C(C)(C)c2ccccc21.CCN(CC)c1ccc2nc3ccc(=[N+](CC)CC)cc-3oc2c1.[I-].[O-][Cl+3]([O-])([O-])O.[O-][Cl+3]([O-])([O-])[O-]. The first kappa shape index (κ1) is 84.8. The summed E-state index contributed by atoms with van der Waals surface area (Å²) in [6, 6.07) is 48.0. The summed E-state index contributed by atoms with van der Waals surface area (Å²) >= 11 is 0. The summed E-state index contributed by atoms with van der Waals surface area (Å²) in [5.41, 5.74) is 20.6. The van der Waals surface area contributed by atoms with Crippen molar-refractivity contribution < 1.29 is 95.3 Å². The third-order valence-corrected chi connectivity index (χ3v) is 19.6. The van der Waals surface area contributed by atoms with Gasteiger partial charge in [0.05, 0.1) is 31.8 Å². The van der Waals surface area contributed by atoms with Gasteiger partial charge in [0.25, 0.3) is 0 Å². The quantitative estimate of drug-likeness (QED) is 0.0313. The van der Waals surface area contributed by atoms with Crippen LogP contribution in [0.5, 0.6) is 0 Å². The number of fused-ring (bicyclic) bond motifs is 6. The number of allylic oxidation sites excluding steroid dienone is 12. The molecule has 103 heavy (non-hydrogen) atoms. The van der Waals surface area contributed by atoms with Crippen molar-refractivity contribution in [1.82, 2.24) is 9.56 Å². The molecule has 0 unspecified atom stereocenters. The average Bonchev–Trinajstić information content (AvgIpc) is 1.64. The third kappa shape index (κ3) is 21.1. The Morgan fingerprint density at radius 2 is 0.951 bits per heavy atom. The summed E-state index contributed by atoms with van der Waals surface area (Å²) < 4.78 is 80.2. The summed E-state index contributed by atoms with van der Waals surface area (Å²) in [5.74, 6) is 0.837. The lowest BCUT2D eigenvalue weighted by Gasteiger charge is -2.27. The lowest BCUT2D eigenvalue weighted by molar-refractivity contribution is -2.00. The molecule has 0 radical (unpaired) electrons. The Bertz CT molecular complexity index is 4250. The van der Waals surface area contributed by atoms with Crippen molar-refractivity contribution in [2.45, 2.75) is 171 Å². The monoisotopic (exact) mass is 1560 g/mol. The van der Waals surface area contributed by atoms with Gasteiger partial charge < -0.3 is 43.1 Å². The molecule has 6 aliphatic rings. The smallest absolute Gasteiger partial charge is 0.209 e. The van der Waals surface area contributed by atoms with Crippen molar-refractivity contribution in [3.8, 4) is 11.5 Å². The minimum Gasteiger partial charge on any atom is -1.00 e. The number of benzene rings is 6. The number of aromatic nitrogens is 1. The molecule has 5 aromatic rings. The fourth-order valence-corrected chi connectivity index (χ4v) is 14.5. The summed E-state index contributed by atoms with van der Waals surface area (Å²) in [5, 5.41) is 1.18. The van der Waals surface area contributed by atoms with E-state index in [1.54, 1.807) is 0 Å². The number of hydrogen-bond donors (Lipinski definition) is 1. The van der Waals surface area contributed by atoms with E-state index in [9.17, 15) is 0 Å². The van der Waals surface area contributed by atoms with Crippen molar-refractivity contribution in [2.24, 2.45) is 0 Å². The van der Waals surface area contributed by atoms with Crippen LogP contribution in [0, 0.1) is 20.5 Å². The lowest BCUT2D eigenvalue weighted by Crippen LogP contribution is -3.00. The number of halogens is 3. The van der Waals surface area contributed by atoms with E-state index in [1.807, 2.05) is 12.1 Å². The summed E-state index contributed by atoms with van der Waals surface area (Å²) in [7, 11) is -9.64. The predicted octanol–water partition coefficient (Wildman–Crippen LogP) is 7.85. The molecule has 554 valence electrons. The van der Waals surface area contributed by atoms with Crippen molar-refractivity contribution >= 4 is 51.0 Å². The molecule has 0 atom stereocenters.